The number of anilines is 1. The molecule has 3 rings (SSSR count). The number of halogens is 2. The topological polar surface area (TPSA) is 76.7 Å². The number of benzene rings is 3. The van der Waals surface area contributed by atoms with Crippen molar-refractivity contribution >= 4 is 41.0 Å². The number of amides is 1. The molecule has 0 aliphatic rings. The molecule has 7 heteroatoms. The number of hydrogen-bond acceptors (Lipinski definition) is 4. The maximum atomic E-state index is 12.1. The molecule has 142 valence electrons. The highest BCUT2D eigenvalue weighted by Gasteiger charge is 2.07. The van der Waals surface area contributed by atoms with Crippen molar-refractivity contribution in [2.75, 3.05) is 5.73 Å². The summed E-state index contributed by atoms with van der Waals surface area (Å²) in [6.07, 6.45) is 1.53. The smallest absolute Gasteiger partial charge is 0.273 e. The summed E-state index contributed by atoms with van der Waals surface area (Å²) in [4.78, 5) is 12.1. The minimum absolute atomic E-state index is 0.306. The van der Waals surface area contributed by atoms with Crippen LogP contribution in [-0.4, -0.2) is 12.1 Å². The van der Waals surface area contributed by atoms with E-state index in [4.69, 9.17) is 33.7 Å². The van der Waals surface area contributed by atoms with Gasteiger partial charge in [0.1, 0.15) is 12.4 Å². The molecule has 0 spiro atoms. The van der Waals surface area contributed by atoms with Gasteiger partial charge in [0, 0.05) is 21.3 Å². The number of rotatable bonds is 6. The van der Waals surface area contributed by atoms with Crippen molar-refractivity contribution in [2.45, 2.75) is 6.61 Å². The number of hydrogen-bond donors (Lipinski definition) is 2. The monoisotopic (exact) mass is 413 g/mol. The molecule has 0 saturated heterocycles. The van der Waals surface area contributed by atoms with Crippen LogP contribution in [0.25, 0.3) is 0 Å². The van der Waals surface area contributed by atoms with Gasteiger partial charge in [-0.15, -0.1) is 0 Å². The van der Waals surface area contributed by atoms with Crippen LogP contribution in [0, 0.1) is 0 Å². The molecule has 3 aromatic carbocycles. The number of nitrogens with two attached hydrogens (primary N) is 1. The average molecular weight is 414 g/mol. The highest BCUT2D eigenvalue weighted by molar-refractivity contribution is 6.35. The molecule has 0 radical (unpaired) electrons. The molecule has 0 aliphatic heterocycles. The Morgan fingerprint density at radius 1 is 1.07 bits per heavy atom. The fourth-order valence-corrected chi connectivity index (χ4v) is 2.88. The first kappa shape index (κ1) is 19.7. The van der Waals surface area contributed by atoms with Crippen LogP contribution in [0.5, 0.6) is 5.75 Å². The van der Waals surface area contributed by atoms with E-state index in [0.717, 1.165) is 11.1 Å². The molecular weight excluding hydrogens is 397 g/mol. The molecule has 5 nitrogen and oxygen atoms in total. The lowest BCUT2D eigenvalue weighted by Crippen LogP contribution is -2.18. The average Bonchev–Trinajstić information content (AvgIpc) is 2.68. The van der Waals surface area contributed by atoms with E-state index in [9.17, 15) is 4.79 Å². The number of nitrogens with one attached hydrogen (secondary N) is 1. The van der Waals surface area contributed by atoms with Crippen LogP contribution in [0.1, 0.15) is 21.5 Å². The van der Waals surface area contributed by atoms with E-state index in [1.165, 1.54) is 6.21 Å². The third kappa shape index (κ3) is 5.25. The van der Waals surface area contributed by atoms with Gasteiger partial charge in [0.05, 0.1) is 11.8 Å². The SMILES string of the molecule is Nc1ccccc1C(=O)N/N=C/c1cccc(OCc2ccc(Cl)cc2Cl)c1. The second-order valence-electron chi connectivity index (χ2n) is 5.88. The van der Waals surface area contributed by atoms with Crippen molar-refractivity contribution in [3.8, 4) is 5.75 Å². The Labute approximate surface area is 172 Å². The third-order valence-corrected chi connectivity index (χ3v) is 4.44. The molecular formula is C21H17Cl2N3O2. The minimum Gasteiger partial charge on any atom is -0.489 e. The number of nitrogens with zero attached hydrogens (tertiary/aromatic N) is 1. The summed E-state index contributed by atoms with van der Waals surface area (Å²) in [7, 11) is 0. The second-order valence-corrected chi connectivity index (χ2v) is 6.73. The van der Waals surface area contributed by atoms with Gasteiger partial charge in [-0.05, 0) is 42.0 Å². The lowest BCUT2D eigenvalue weighted by molar-refractivity contribution is 0.0956. The van der Waals surface area contributed by atoms with E-state index in [2.05, 4.69) is 10.5 Å². The minimum atomic E-state index is -0.376. The predicted octanol–water partition coefficient (Wildman–Crippen LogP) is 4.92. The van der Waals surface area contributed by atoms with Crippen LogP contribution in [0.2, 0.25) is 10.0 Å². The zero-order valence-electron chi connectivity index (χ0n) is 14.7. The number of carbonyl (C=O) groups excluding carboxylic acids is 1. The second kappa shape index (κ2) is 9.26. The summed E-state index contributed by atoms with van der Waals surface area (Å²) >= 11 is 12.0. The van der Waals surface area contributed by atoms with E-state index < -0.39 is 0 Å². The highest BCUT2D eigenvalue weighted by atomic mass is 35.5. The van der Waals surface area contributed by atoms with Gasteiger partial charge < -0.3 is 10.5 Å². The molecule has 0 heterocycles. The van der Waals surface area contributed by atoms with Gasteiger partial charge >= 0.3 is 0 Å². The predicted molar refractivity (Wildman–Crippen MR) is 113 cm³/mol. The van der Waals surface area contributed by atoms with E-state index in [-0.39, 0.29) is 5.91 Å². The summed E-state index contributed by atoms with van der Waals surface area (Å²) in [6, 6.07) is 19.3. The van der Waals surface area contributed by atoms with Gasteiger partial charge in [0.15, 0.2) is 0 Å². The van der Waals surface area contributed by atoms with Gasteiger partial charge in [-0.3, -0.25) is 4.79 Å². The number of carbonyl (C=O) groups is 1. The Morgan fingerprint density at radius 2 is 1.89 bits per heavy atom. The molecule has 0 aliphatic carbocycles. The number of nitrogen functional groups attached to an aromatic ring is 1. The summed E-state index contributed by atoms with van der Waals surface area (Å²) in [5.41, 5.74) is 10.6. The molecule has 3 aromatic rings. The van der Waals surface area contributed by atoms with Gasteiger partial charge in [-0.1, -0.05) is 53.5 Å². The summed E-state index contributed by atoms with van der Waals surface area (Å²) < 4.78 is 5.77. The van der Waals surface area contributed by atoms with Crippen molar-refractivity contribution in [1.82, 2.24) is 5.43 Å². The summed E-state index contributed by atoms with van der Waals surface area (Å²) in [5, 5.41) is 5.10. The van der Waals surface area contributed by atoms with Crippen molar-refractivity contribution in [3.05, 3.63) is 93.5 Å². The Balaban J connectivity index is 1.60. The first-order chi connectivity index (χ1) is 13.5. The number of para-hydroxylation sites is 1. The quantitative estimate of drug-likeness (QED) is 0.342. The van der Waals surface area contributed by atoms with E-state index in [1.54, 1.807) is 42.5 Å². The molecule has 28 heavy (non-hydrogen) atoms. The maximum absolute atomic E-state index is 12.1. The molecule has 1 amide bonds. The zero-order valence-corrected chi connectivity index (χ0v) is 16.2. The van der Waals surface area contributed by atoms with Crippen LogP contribution in [0.15, 0.2) is 71.8 Å². The Hall–Kier alpha value is -3.02. The molecule has 0 saturated carbocycles. The van der Waals surface area contributed by atoms with Crippen molar-refractivity contribution < 1.29 is 9.53 Å². The maximum Gasteiger partial charge on any atom is 0.273 e. The molecule has 0 fully saturated rings. The van der Waals surface area contributed by atoms with Crippen molar-refractivity contribution in [1.29, 1.82) is 0 Å². The van der Waals surface area contributed by atoms with Crippen LogP contribution in [-0.2, 0) is 6.61 Å². The zero-order chi connectivity index (χ0) is 19.9. The van der Waals surface area contributed by atoms with Crippen LogP contribution in [0.4, 0.5) is 5.69 Å². The normalized spacial score (nSPS) is 10.8. The summed E-state index contributed by atoms with van der Waals surface area (Å²) in [5.74, 6) is 0.271. The van der Waals surface area contributed by atoms with Crippen LogP contribution >= 0.6 is 23.2 Å². The first-order valence-corrected chi connectivity index (χ1v) is 9.13. The lowest BCUT2D eigenvalue weighted by Gasteiger charge is -2.08. The fraction of sp³-hybridized carbons (Fsp3) is 0.0476. The summed E-state index contributed by atoms with van der Waals surface area (Å²) in [6.45, 7) is 0.306. The van der Waals surface area contributed by atoms with Crippen molar-refractivity contribution in [2.24, 2.45) is 5.10 Å². The van der Waals surface area contributed by atoms with E-state index in [0.29, 0.717) is 33.7 Å². The highest BCUT2D eigenvalue weighted by Crippen LogP contribution is 2.23. The lowest BCUT2D eigenvalue weighted by atomic mass is 10.2. The Morgan fingerprint density at radius 3 is 2.68 bits per heavy atom. The molecule has 0 bridgehead atoms. The molecule has 0 atom stereocenters. The standard InChI is InChI=1S/C21H17Cl2N3O2/c22-16-9-8-15(19(23)11-16)13-28-17-5-3-4-14(10-17)12-25-26-21(27)18-6-1-2-7-20(18)24/h1-12H,13,24H2,(H,26,27)/b25-12+. The number of ether oxygens (including phenoxy) is 1. The van der Waals surface area contributed by atoms with Gasteiger partial charge in [0.2, 0.25) is 0 Å². The first-order valence-electron chi connectivity index (χ1n) is 8.37. The molecule has 3 N–H and O–H groups in total. The van der Waals surface area contributed by atoms with Crippen LogP contribution in [0.3, 0.4) is 0 Å². The largest absolute Gasteiger partial charge is 0.489 e. The Kier molecular flexibility index (Phi) is 6.53. The van der Waals surface area contributed by atoms with E-state index in [1.807, 2.05) is 24.3 Å². The molecule has 0 aromatic heterocycles. The van der Waals surface area contributed by atoms with Gasteiger partial charge in [0.25, 0.3) is 5.91 Å². The van der Waals surface area contributed by atoms with Crippen LogP contribution < -0.4 is 15.9 Å². The fourth-order valence-electron chi connectivity index (χ4n) is 2.41. The van der Waals surface area contributed by atoms with Gasteiger partial charge in [-0.2, -0.15) is 5.10 Å². The van der Waals surface area contributed by atoms with Gasteiger partial charge in [-0.25, -0.2) is 5.43 Å². The third-order valence-electron chi connectivity index (χ3n) is 3.85. The van der Waals surface area contributed by atoms with Crippen molar-refractivity contribution in [3.63, 3.8) is 0 Å². The van der Waals surface area contributed by atoms with E-state index >= 15 is 0 Å². The Bertz CT molecular complexity index is 1020. The number of hydrazone groups is 1. The molecule has 0 unspecified atom stereocenters.